The van der Waals surface area contributed by atoms with Crippen molar-refractivity contribution in [3.8, 4) is 17.2 Å². The number of hydrogen-bond acceptors (Lipinski definition) is 4. The van der Waals surface area contributed by atoms with E-state index in [1.165, 1.54) is 13.2 Å². The van der Waals surface area contributed by atoms with Gasteiger partial charge in [-0.25, -0.2) is 0 Å². The highest BCUT2D eigenvalue weighted by atomic mass is 16.5. The number of nitrogens with one attached hydrogen (secondary N) is 1. The van der Waals surface area contributed by atoms with Crippen LogP contribution in [0.4, 0.5) is 5.69 Å². The molecule has 0 fully saturated rings. The van der Waals surface area contributed by atoms with Gasteiger partial charge in [-0.1, -0.05) is 18.2 Å². The maximum absolute atomic E-state index is 12.3. The van der Waals surface area contributed by atoms with Crippen molar-refractivity contribution < 1.29 is 19.4 Å². The Hall–Kier alpha value is -2.69. The van der Waals surface area contributed by atoms with Gasteiger partial charge < -0.3 is 19.9 Å². The van der Waals surface area contributed by atoms with Gasteiger partial charge in [0.05, 0.1) is 25.0 Å². The Kier molecular flexibility index (Phi) is 4.66. The molecular formula is C16H17NO4. The number of ether oxygens (including phenoxy) is 2. The first kappa shape index (κ1) is 14.7. The normalized spacial score (nSPS) is 10.0. The quantitative estimate of drug-likeness (QED) is 0.887. The molecule has 5 heteroatoms. The first-order valence-electron chi connectivity index (χ1n) is 6.56. The van der Waals surface area contributed by atoms with Crippen molar-refractivity contribution >= 4 is 11.6 Å². The lowest BCUT2D eigenvalue weighted by molar-refractivity contribution is 0.102. The molecule has 2 rings (SSSR count). The van der Waals surface area contributed by atoms with Crippen molar-refractivity contribution in [2.75, 3.05) is 19.0 Å². The van der Waals surface area contributed by atoms with Gasteiger partial charge in [0, 0.05) is 0 Å². The van der Waals surface area contributed by atoms with Gasteiger partial charge in [0.25, 0.3) is 5.91 Å². The third kappa shape index (κ3) is 3.25. The fourth-order valence-electron chi connectivity index (χ4n) is 1.91. The van der Waals surface area contributed by atoms with Crippen LogP contribution in [0.2, 0.25) is 0 Å². The fourth-order valence-corrected chi connectivity index (χ4v) is 1.91. The second-order valence-corrected chi connectivity index (χ2v) is 4.24. The summed E-state index contributed by atoms with van der Waals surface area (Å²) in [5.74, 6) is 0.210. The summed E-state index contributed by atoms with van der Waals surface area (Å²) in [6.45, 7) is 2.36. The molecule has 2 aromatic rings. The minimum atomic E-state index is -0.432. The topological polar surface area (TPSA) is 67.8 Å². The molecule has 0 saturated carbocycles. The second kappa shape index (κ2) is 6.65. The Morgan fingerprint density at radius 3 is 2.57 bits per heavy atom. The Labute approximate surface area is 123 Å². The molecule has 0 bridgehead atoms. The van der Waals surface area contributed by atoms with Gasteiger partial charge in [-0.3, -0.25) is 4.79 Å². The number of phenolic OH excluding ortho intramolecular Hbond substituents is 1. The van der Waals surface area contributed by atoms with Crippen LogP contribution < -0.4 is 14.8 Å². The van der Waals surface area contributed by atoms with Crippen molar-refractivity contribution in [1.29, 1.82) is 0 Å². The van der Waals surface area contributed by atoms with E-state index in [-0.39, 0.29) is 17.1 Å². The average Bonchev–Trinajstić information content (AvgIpc) is 2.49. The molecule has 2 aromatic carbocycles. The molecule has 0 radical (unpaired) electrons. The number of aromatic hydroxyl groups is 1. The number of amides is 1. The van der Waals surface area contributed by atoms with Crippen LogP contribution in [0.1, 0.15) is 17.3 Å². The third-order valence-corrected chi connectivity index (χ3v) is 2.90. The molecular weight excluding hydrogens is 270 g/mol. The molecule has 0 heterocycles. The molecule has 0 atom stereocenters. The summed E-state index contributed by atoms with van der Waals surface area (Å²) in [6, 6.07) is 11.9. The highest BCUT2D eigenvalue weighted by molar-refractivity contribution is 6.07. The smallest absolute Gasteiger partial charge is 0.259 e. The number of para-hydroxylation sites is 3. The number of methoxy groups -OCH3 is 1. The molecule has 0 saturated heterocycles. The van der Waals surface area contributed by atoms with E-state index >= 15 is 0 Å². The molecule has 1 amide bonds. The number of carbonyl (C=O) groups excluding carboxylic acids is 1. The maximum Gasteiger partial charge on any atom is 0.259 e. The number of rotatable bonds is 5. The molecule has 0 aliphatic carbocycles. The van der Waals surface area contributed by atoms with Crippen molar-refractivity contribution in [3.63, 3.8) is 0 Å². The highest BCUT2D eigenvalue weighted by Gasteiger charge is 2.16. The lowest BCUT2D eigenvalue weighted by atomic mass is 10.1. The summed E-state index contributed by atoms with van der Waals surface area (Å²) >= 11 is 0. The van der Waals surface area contributed by atoms with Crippen LogP contribution in [0, 0.1) is 0 Å². The van der Waals surface area contributed by atoms with Crippen LogP contribution >= 0.6 is 0 Å². The Balaban J connectivity index is 2.26. The van der Waals surface area contributed by atoms with E-state index < -0.39 is 5.91 Å². The number of carbonyl (C=O) groups is 1. The van der Waals surface area contributed by atoms with Gasteiger partial charge in [-0.2, -0.15) is 0 Å². The van der Waals surface area contributed by atoms with Gasteiger partial charge in [0.1, 0.15) is 5.75 Å². The summed E-state index contributed by atoms with van der Waals surface area (Å²) in [7, 11) is 1.43. The van der Waals surface area contributed by atoms with Gasteiger partial charge in [0.15, 0.2) is 11.5 Å². The molecule has 0 aromatic heterocycles. The first-order chi connectivity index (χ1) is 10.2. The van der Waals surface area contributed by atoms with Crippen LogP contribution in [-0.4, -0.2) is 24.7 Å². The third-order valence-electron chi connectivity index (χ3n) is 2.90. The minimum Gasteiger partial charge on any atom is -0.504 e. The minimum absolute atomic E-state index is 0.139. The van der Waals surface area contributed by atoms with E-state index in [0.717, 1.165) is 0 Å². The van der Waals surface area contributed by atoms with Crippen molar-refractivity contribution in [2.45, 2.75) is 6.92 Å². The molecule has 2 N–H and O–H groups in total. The van der Waals surface area contributed by atoms with E-state index in [9.17, 15) is 9.90 Å². The van der Waals surface area contributed by atoms with Crippen LogP contribution in [0.25, 0.3) is 0 Å². The molecule has 0 aliphatic rings. The predicted octanol–water partition coefficient (Wildman–Crippen LogP) is 3.05. The van der Waals surface area contributed by atoms with E-state index in [1.807, 2.05) is 13.0 Å². The largest absolute Gasteiger partial charge is 0.504 e. The SMILES string of the molecule is CCOc1ccccc1NC(=O)c1cccc(OC)c1O. The van der Waals surface area contributed by atoms with Gasteiger partial charge in [0.2, 0.25) is 0 Å². The molecule has 0 spiro atoms. The van der Waals surface area contributed by atoms with E-state index in [1.54, 1.807) is 30.3 Å². The first-order valence-corrected chi connectivity index (χ1v) is 6.56. The number of hydrogen-bond donors (Lipinski definition) is 2. The lowest BCUT2D eigenvalue weighted by Crippen LogP contribution is -2.13. The Morgan fingerprint density at radius 1 is 1.14 bits per heavy atom. The van der Waals surface area contributed by atoms with Gasteiger partial charge in [-0.05, 0) is 31.2 Å². The van der Waals surface area contributed by atoms with Crippen LogP contribution in [0.3, 0.4) is 0 Å². The van der Waals surface area contributed by atoms with E-state index in [2.05, 4.69) is 5.32 Å². The number of phenols is 1. The van der Waals surface area contributed by atoms with Crippen molar-refractivity contribution in [2.24, 2.45) is 0 Å². The van der Waals surface area contributed by atoms with E-state index in [4.69, 9.17) is 9.47 Å². The summed E-state index contributed by atoms with van der Waals surface area (Å²) in [5.41, 5.74) is 0.687. The fraction of sp³-hybridized carbons (Fsp3) is 0.188. The van der Waals surface area contributed by atoms with Crippen molar-refractivity contribution in [1.82, 2.24) is 0 Å². The Bertz CT molecular complexity index is 640. The maximum atomic E-state index is 12.3. The molecule has 110 valence electrons. The summed E-state index contributed by atoms with van der Waals surface area (Å²) in [5, 5.41) is 12.7. The molecule has 5 nitrogen and oxygen atoms in total. The highest BCUT2D eigenvalue weighted by Crippen LogP contribution is 2.31. The predicted molar refractivity (Wildman–Crippen MR) is 80.2 cm³/mol. The summed E-state index contributed by atoms with van der Waals surface area (Å²) < 4.78 is 10.4. The van der Waals surface area contributed by atoms with Crippen LogP contribution in [0.15, 0.2) is 42.5 Å². The lowest BCUT2D eigenvalue weighted by Gasteiger charge is -2.12. The average molecular weight is 287 g/mol. The number of benzene rings is 2. The van der Waals surface area contributed by atoms with Gasteiger partial charge in [-0.15, -0.1) is 0 Å². The van der Waals surface area contributed by atoms with Gasteiger partial charge >= 0.3 is 0 Å². The molecule has 21 heavy (non-hydrogen) atoms. The summed E-state index contributed by atoms with van der Waals surface area (Å²) in [4.78, 5) is 12.3. The van der Waals surface area contributed by atoms with E-state index in [0.29, 0.717) is 18.0 Å². The monoisotopic (exact) mass is 287 g/mol. The zero-order valence-electron chi connectivity index (χ0n) is 11.9. The van der Waals surface area contributed by atoms with Crippen LogP contribution in [0.5, 0.6) is 17.2 Å². The number of anilines is 1. The zero-order chi connectivity index (χ0) is 15.2. The standard InChI is InChI=1S/C16H17NO4/c1-3-21-13-9-5-4-8-12(13)17-16(19)11-7-6-10-14(20-2)15(11)18/h4-10,18H,3H2,1-2H3,(H,17,19). The second-order valence-electron chi connectivity index (χ2n) is 4.24. The summed E-state index contributed by atoms with van der Waals surface area (Å²) in [6.07, 6.45) is 0. The van der Waals surface area contributed by atoms with Crippen molar-refractivity contribution in [3.05, 3.63) is 48.0 Å². The molecule has 0 aliphatic heterocycles. The zero-order valence-corrected chi connectivity index (χ0v) is 11.9. The molecule has 0 unspecified atom stereocenters. The Morgan fingerprint density at radius 2 is 1.86 bits per heavy atom. The van der Waals surface area contributed by atoms with Crippen LogP contribution in [-0.2, 0) is 0 Å².